The van der Waals surface area contributed by atoms with Crippen LogP contribution in [0, 0.1) is 0 Å². The van der Waals surface area contributed by atoms with Crippen molar-refractivity contribution in [1.29, 1.82) is 0 Å². The lowest BCUT2D eigenvalue weighted by Crippen LogP contribution is -2.34. The molecule has 8 heteroatoms. The highest BCUT2D eigenvalue weighted by Crippen LogP contribution is 2.13. The zero-order valence-corrected chi connectivity index (χ0v) is 10.2. The maximum atomic E-state index is 11.9. The van der Waals surface area contributed by atoms with Crippen LogP contribution >= 0.6 is 0 Å². The number of aromatic amines is 1. The Morgan fingerprint density at radius 2 is 2.00 bits per heavy atom. The van der Waals surface area contributed by atoms with Crippen molar-refractivity contribution in [2.75, 3.05) is 0 Å². The molecule has 0 unspecified atom stereocenters. The molecule has 0 bridgehead atoms. The Labute approximate surface area is 101 Å². The SMILES string of the molecule is CCn1c(=O)[nH]c2cc(S(=O)(=O)O)ccc2c1=O. The average Bonchev–Trinajstić information content (AvgIpc) is 2.27. The quantitative estimate of drug-likeness (QED) is 0.744. The van der Waals surface area contributed by atoms with E-state index in [1.54, 1.807) is 6.92 Å². The van der Waals surface area contributed by atoms with Gasteiger partial charge < -0.3 is 4.98 Å². The Hall–Kier alpha value is -1.93. The van der Waals surface area contributed by atoms with Crippen molar-refractivity contribution in [2.45, 2.75) is 18.4 Å². The van der Waals surface area contributed by atoms with Crippen LogP contribution < -0.4 is 11.2 Å². The summed E-state index contributed by atoms with van der Waals surface area (Å²) in [6, 6.07) is 3.41. The molecule has 0 atom stereocenters. The van der Waals surface area contributed by atoms with E-state index >= 15 is 0 Å². The van der Waals surface area contributed by atoms with E-state index in [9.17, 15) is 18.0 Å². The summed E-state index contributed by atoms with van der Waals surface area (Å²) < 4.78 is 31.8. The molecule has 0 saturated heterocycles. The first-order valence-corrected chi connectivity index (χ1v) is 6.53. The van der Waals surface area contributed by atoms with Gasteiger partial charge in [0.15, 0.2) is 0 Å². The molecule has 0 fully saturated rings. The molecule has 0 aliphatic carbocycles. The molecule has 2 aromatic rings. The molecule has 0 saturated carbocycles. The largest absolute Gasteiger partial charge is 0.328 e. The molecule has 0 spiro atoms. The van der Waals surface area contributed by atoms with Gasteiger partial charge in [-0.2, -0.15) is 8.42 Å². The summed E-state index contributed by atoms with van der Waals surface area (Å²) in [7, 11) is -4.37. The molecule has 18 heavy (non-hydrogen) atoms. The van der Waals surface area contributed by atoms with E-state index in [-0.39, 0.29) is 22.3 Å². The predicted molar refractivity (Wildman–Crippen MR) is 64.3 cm³/mol. The summed E-state index contributed by atoms with van der Waals surface area (Å²) in [6.45, 7) is 1.86. The van der Waals surface area contributed by atoms with Gasteiger partial charge in [-0.1, -0.05) is 0 Å². The lowest BCUT2D eigenvalue weighted by Gasteiger charge is -2.04. The van der Waals surface area contributed by atoms with Crippen molar-refractivity contribution >= 4 is 21.0 Å². The second-order valence-corrected chi connectivity index (χ2v) is 5.08. The molecular weight excluding hydrogens is 260 g/mol. The molecule has 0 aliphatic heterocycles. The summed E-state index contributed by atoms with van der Waals surface area (Å²) in [5.41, 5.74) is -1.05. The molecule has 2 rings (SSSR count). The Kier molecular flexibility index (Phi) is 2.83. The highest BCUT2D eigenvalue weighted by atomic mass is 32.2. The van der Waals surface area contributed by atoms with Gasteiger partial charge in [0, 0.05) is 6.54 Å². The lowest BCUT2D eigenvalue weighted by atomic mass is 10.2. The molecule has 1 aromatic carbocycles. The van der Waals surface area contributed by atoms with E-state index in [1.165, 1.54) is 6.07 Å². The van der Waals surface area contributed by atoms with E-state index < -0.39 is 21.4 Å². The highest BCUT2D eigenvalue weighted by molar-refractivity contribution is 7.85. The molecule has 0 amide bonds. The van der Waals surface area contributed by atoms with Crippen LogP contribution in [0.15, 0.2) is 32.7 Å². The minimum atomic E-state index is -4.37. The fourth-order valence-corrected chi connectivity index (χ4v) is 2.19. The summed E-state index contributed by atoms with van der Waals surface area (Å²) in [5, 5.41) is 0.184. The topological polar surface area (TPSA) is 109 Å². The Bertz CT molecular complexity index is 831. The van der Waals surface area contributed by atoms with Crippen LogP contribution in [0.25, 0.3) is 10.9 Å². The molecule has 1 aromatic heterocycles. The van der Waals surface area contributed by atoms with Crippen molar-refractivity contribution in [3.05, 3.63) is 39.0 Å². The van der Waals surface area contributed by atoms with E-state index in [0.717, 1.165) is 16.7 Å². The first-order valence-electron chi connectivity index (χ1n) is 5.09. The van der Waals surface area contributed by atoms with Crippen LogP contribution in [0.1, 0.15) is 6.92 Å². The Balaban J connectivity index is 2.91. The van der Waals surface area contributed by atoms with Gasteiger partial charge in [0.1, 0.15) is 0 Å². The third kappa shape index (κ3) is 1.95. The van der Waals surface area contributed by atoms with Gasteiger partial charge in [0.25, 0.3) is 15.7 Å². The van der Waals surface area contributed by atoms with Gasteiger partial charge in [0.2, 0.25) is 0 Å². The van der Waals surface area contributed by atoms with Gasteiger partial charge in [-0.25, -0.2) is 4.79 Å². The summed E-state index contributed by atoms with van der Waals surface area (Å²) in [4.78, 5) is 25.4. The first kappa shape index (κ1) is 12.5. The predicted octanol–water partition coefficient (Wildman–Crippen LogP) is -0.0436. The Morgan fingerprint density at radius 1 is 1.33 bits per heavy atom. The molecule has 2 N–H and O–H groups in total. The molecule has 96 valence electrons. The molecule has 1 heterocycles. The molecule has 0 radical (unpaired) electrons. The standard InChI is InChI=1S/C10H10N2O5S/c1-2-12-9(13)7-4-3-6(18(15,16)17)5-8(7)11-10(12)14/h3-5H,2H2,1H3,(H,11,14)(H,15,16,17). The number of nitrogens with one attached hydrogen (secondary N) is 1. The monoisotopic (exact) mass is 270 g/mol. The van der Waals surface area contributed by atoms with Crippen molar-refractivity contribution in [2.24, 2.45) is 0 Å². The zero-order chi connectivity index (χ0) is 13.5. The van der Waals surface area contributed by atoms with Gasteiger partial charge in [-0.05, 0) is 25.1 Å². The van der Waals surface area contributed by atoms with E-state index in [2.05, 4.69) is 4.98 Å². The number of hydrogen-bond donors (Lipinski definition) is 2. The first-order chi connectivity index (χ1) is 8.34. The molecule has 0 aliphatic rings. The van der Waals surface area contributed by atoms with Crippen LogP contribution in [0.4, 0.5) is 0 Å². The minimum absolute atomic E-state index is 0.0739. The van der Waals surface area contributed by atoms with Gasteiger partial charge >= 0.3 is 5.69 Å². The third-order valence-corrected chi connectivity index (χ3v) is 3.42. The van der Waals surface area contributed by atoms with E-state index in [0.29, 0.717) is 0 Å². The number of benzene rings is 1. The van der Waals surface area contributed by atoms with Crippen LogP contribution in [-0.4, -0.2) is 22.5 Å². The summed E-state index contributed by atoms with van der Waals surface area (Å²) in [5.74, 6) is 0. The number of rotatable bonds is 2. The van der Waals surface area contributed by atoms with Gasteiger partial charge in [-0.15, -0.1) is 0 Å². The number of H-pyrrole nitrogens is 1. The van der Waals surface area contributed by atoms with Crippen LogP contribution in [0.3, 0.4) is 0 Å². The second-order valence-electron chi connectivity index (χ2n) is 3.66. The Morgan fingerprint density at radius 3 is 2.56 bits per heavy atom. The van der Waals surface area contributed by atoms with Gasteiger partial charge in [0.05, 0.1) is 15.8 Å². The highest BCUT2D eigenvalue weighted by Gasteiger charge is 2.12. The van der Waals surface area contributed by atoms with Crippen LogP contribution in [0.5, 0.6) is 0 Å². The van der Waals surface area contributed by atoms with Crippen molar-refractivity contribution in [3.8, 4) is 0 Å². The summed E-state index contributed by atoms with van der Waals surface area (Å²) in [6.07, 6.45) is 0. The normalized spacial score (nSPS) is 11.9. The van der Waals surface area contributed by atoms with Crippen LogP contribution in [0.2, 0.25) is 0 Å². The second kappa shape index (κ2) is 4.07. The van der Waals surface area contributed by atoms with Crippen LogP contribution in [-0.2, 0) is 16.7 Å². The van der Waals surface area contributed by atoms with E-state index in [4.69, 9.17) is 4.55 Å². The average molecular weight is 270 g/mol. The number of nitrogens with zero attached hydrogens (tertiary/aromatic N) is 1. The number of fused-ring (bicyclic) bond motifs is 1. The van der Waals surface area contributed by atoms with Crippen molar-refractivity contribution in [3.63, 3.8) is 0 Å². The minimum Gasteiger partial charge on any atom is -0.307 e. The lowest BCUT2D eigenvalue weighted by molar-refractivity contribution is 0.483. The number of aromatic nitrogens is 2. The van der Waals surface area contributed by atoms with Crippen molar-refractivity contribution < 1.29 is 13.0 Å². The molecule has 7 nitrogen and oxygen atoms in total. The zero-order valence-electron chi connectivity index (χ0n) is 9.37. The fourth-order valence-electron chi connectivity index (χ4n) is 1.68. The third-order valence-electron chi connectivity index (χ3n) is 2.57. The van der Waals surface area contributed by atoms with Gasteiger partial charge in [-0.3, -0.25) is 13.9 Å². The molecular formula is C10H10N2O5S. The fraction of sp³-hybridized carbons (Fsp3) is 0.200. The smallest absolute Gasteiger partial charge is 0.307 e. The summed E-state index contributed by atoms with van der Waals surface area (Å²) >= 11 is 0. The maximum Gasteiger partial charge on any atom is 0.328 e. The maximum absolute atomic E-state index is 11.9. The number of hydrogen-bond acceptors (Lipinski definition) is 4. The van der Waals surface area contributed by atoms with Crippen molar-refractivity contribution in [1.82, 2.24) is 9.55 Å². The van der Waals surface area contributed by atoms with E-state index in [1.807, 2.05) is 0 Å².